The summed E-state index contributed by atoms with van der Waals surface area (Å²) in [5.41, 5.74) is 11.1. The van der Waals surface area contributed by atoms with Crippen molar-refractivity contribution >= 4 is 33.4 Å². The number of pyridine rings is 1. The Balaban J connectivity index is 1.67. The molecule has 4 rings (SSSR count). The molecule has 0 bridgehead atoms. The molecular formula is C24H24BrN5O2. The van der Waals surface area contributed by atoms with Crippen LogP contribution in [0.5, 0.6) is 0 Å². The van der Waals surface area contributed by atoms with Crippen molar-refractivity contribution < 1.29 is 9.90 Å². The van der Waals surface area contributed by atoms with Gasteiger partial charge in [-0.15, -0.1) is 0 Å². The van der Waals surface area contributed by atoms with Crippen LogP contribution in [0.4, 0.5) is 5.82 Å². The second kappa shape index (κ2) is 8.70. The lowest BCUT2D eigenvalue weighted by atomic mass is 9.84. The van der Waals surface area contributed by atoms with Gasteiger partial charge in [-0.3, -0.25) is 9.78 Å². The second-order valence-corrected chi connectivity index (χ2v) is 9.38. The number of nitrogens with zero attached hydrogens (tertiary/aromatic N) is 4. The maximum atomic E-state index is 11.1. The number of fused-ring (bicyclic) bond motifs is 1. The van der Waals surface area contributed by atoms with Crippen LogP contribution in [0.15, 0.2) is 59.3 Å². The molecule has 0 aliphatic rings. The zero-order valence-corrected chi connectivity index (χ0v) is 19.5. The van der Waals surface area contributed by atoms with Crippen LogP contribution in [0.25, 0.3) is 28.0 Å². The van der Waals surface area contributed by atoms with E-state index in [4.69, 9.17) is 15.8 Å². The van der Waals surface area contributed by atoms with E-state index in [1.807, 2.05) is 62.5 Å². The Bertz CT molecular complexity index is 1270. The van der Waals surface area contributed by atoms with Crippen LogP contribution < -0.4 is 5.73 Å². The van der Waals surface area contributed by atoms with E-state index in [1.54, 1.807) is 10.7 Å². The lowest BCUT2D eigenvalue weighted by Gasteiger charge is -2.22. The van der Waals surface area contributed by atoms with E-state index >= 15 is 0 Å². The maximum absolute atomic E-state index is 11.1. The predicted octanol–water partition coefficient (Wildman–Crippen LogP) is 5.24. The van der Waals surface area contributed by atoms with E-state index in [9.17, 15) is 4.79 Å². The molecule has 0 aliphatic carbocycles. The SMILES string of the molecule is CC(C)(CCc1nc2c(-c3ccc(-c4ccccc4)nc3)cnn2c(N)c1Br)CC(=O)O. The lowest BCUT2D eigenvalue weighted by molar-refractivity contribution is -0.139. The normalized spacial score (nSPS) is 11.7. The minimum atomic E-state index is -0.804. The van der Waals surface area contributed by atoms with Crippen LogP contribution in [0.2, 0.25) is 0 Å². The number of rotatable bonds is 7. The largest absolute Gasteiger partial charge is 0.481 e. The van der Waals surface area contributed by atoms with Crippen molar-refractivity contribution in [1.29, 1.82) is 0 Å². The van der Waals surface area contributed by atoms with Crippen molar-refractivity contribution in [3.05, 3.63) is 65.0 Å². The van der Waals surface area contributed by atoms with Crippen LogP contribution in [0, 0.1) is 5.41 Å². The van der Waals surface area contributed by atoms with Crippen molar-refractivity contribution in [1.82, 2.24) is 19.6 Å². The average Bonchev–Trinajstić information content (AvgIpc) is 3.19. The predicted molar refractivity (Wildman–Crippen MR) is 128 cm³/mol. The minimum Gasteiger partial charge on any atom is -0.481 e. The molecule has 4 aromatic rings. The van der Waals surface area contributed by atoms with Crippen LogP contribution in [0.3, 0.4) is 0 Å². The third-order valence-electron chi connectivity index (χ3n) is 5.50. The molecule has 8 heteroatoms. The number of carbonyl (C=O) groups is 1. The quantitative estimate of drug-likeness (QED) is 0.364. The Morgan fingerprint density at radius 1 is 1.12 bits per heavy atom. The number of hydrogen-bond acceptors (Lipinski definition) is 5. The van der Waals surface area contributed by atoms with Crippen LogP contribution in [-0.2, 0) is 11.2 Å². The van der Waals surface area contributed by atoms with E-state index in [-0.39, 0.29) is 11.8 Å². The minimum absolute atomic E-state index is 0.0969. The number of aromatic nitrogens is 4. The van der Waals surface area contributed by atoms with Gasteiger partial charge in [0.1, 0.15) is 5.82 Å². The highest BCUT2D eigenvalue weighted by atomic mass is 79.9. The summed E-state index contributed by atoms with van der Waals surface area (Å²) in [5.74, 6) is -0.345. The first kappa shape index (κ1) is 22.0. The molecule has 7 nitrogen and oxygen atoms in total. The molecule has 0 saturated heterocycles. The smallest absolute Gasteiger partial charge is 0.303 e. The van der Waals surface area contributed by atoms with Gasteiger partial charge >= 0.3 is 5.97 Å². The van der Waals surface area contributed by atoms with E-state index in [2.05, 4.69) is 26.0 Å². The van der Waals surface area contributed by atoms with E-state index < -0.39 is 5.97 Å². The molecule has 3 heterocycles. The Labute approximate surface area is 194 Å². The molecule has 1 aromatic carbocycles. The lowest BCUT2D eigenvalue weighted by Crippen LogP contribution is -2.18. The summed E-state index contributed by atoms with van der Waals surface area (Å²) < 4.78 is 2.29. The molecule has 0 radical (unpaired) electrons. The fourth-order valence-corrected chi connectivity index (χ4v) is 4.16. The van der Waals surface area contributed by atoms with Gasteiger partial charge in [-0.2, -0.15) is 9.61 Å². The highest BCUT2D eigenvalue weighted by molar-refractivity contribution is 9.10. The van der Waals surface area contributed by atoms with Gasteiger partial charge in [-0.25, -0.2) is 4.98 Å². The van der Waals surface area contributed by atoms with Gasteiger partial charge in [0, 0.05) is 22.9 Å². The standard InChI is InChI=1S/C24H24BrN5O2/c1-24(2,12-20(31)32)11-10-19-21(25)22(26)30-23(29-19)17(14-28-30)16-8-9-18(27-13-16)15-6-4-3-5-7-15/h3-9,13-14H,10-12,26H2,1-2H3,(H,31,32). The van der Waals surface area contributed by atoms with Gasteiger partial charge in [0.2, 0.25) is 0 Å². The number of benzene rings is 1. The van der Waals surface area contributed by atoms with Gasteiger partial charge < -0.3 is 10.8 Å². The Hall–Kier alpha value is -3.26. The number of nitrogens with two attached hydrogens (primary N) is 1. The third kappa shape index (κ3) is 4.50. The Kier molecular flexibility index (Phi) is 5.97. The zero-order chi connectivity index (χ0) is 22.9. The molecule has 0 spiro atoms. The zero-order valence-electron chi connectivity index (χ0n) is 17.9. The van der Waals surface area contributed by atoms with Gasteiger partial charge in [-0.1, -0.05) is 50.2 Å². The highest BCUT2D eigenvalue weighted by Crippen LogP contribution is 2.33. The van der Waals surface area contributed by atoms with Crippen LogP contribution in [-0.4, -0.2) is 30.7 Å². The maximum Gasteiger partial charge on any atom is 0.303 e. The summed E-state index contributed by atoms with van der Waals surface area (Å²) in [6.45, 7) is 3.89. The number of carboxylic acid groups (broad SMARTS) is 1. The first-order chi connectivity index (χ1) is 15.2. The summed E-state index contributed by atoms with van der Waals surface area (Å²) in [4.78, 5) is 20.6. The molecule has 32 heavy (non-hydrogen) atoms. The molecular weight excluding hydrogens is 470 g/mol. The van der Waals surface area contributed by atoms with Gasteiger partial charge in [0.25, 0.3) is 0 Å². The molecule has 0 fully saturated rings. The number of nitrogen functional groups attached to an aromatic ring is 1. The van der Waals surface area contributed by atoms with Gasteiger partial charge in [-0.05, 0) is 40.3 Å². The summed E-state index contributed by atoms with van der Waals surface area (Å²) in [6.07, 6.45) is 4.91. The van der Waals surface area contributed by atoms with Gasteiger partial charge in [0.15, 0.2) is 5.65 Å². The molecule has 164 valence electrons. The first-order valence-electron chi connectivity index (χ1n) is 10.3. The summed E-state index contributed by atoms with van der Waals surface area (Å²) in [7, 11) is 0. The van der Waals surface area contributed by atoms with Crippen LogP contribution >= 0.6 is 15.9 Å². The molecule has 3 N–H and O–H groups in total. The van der Waals surface area contributed by atoms with Crippen molar-refractivity contribution in [3.8, 4) is 22.4 Å². The fraction of sp³-hybridized carbons (Fsp3) is 0.250. The van der Waals surface area contributed by atoms with Crippen molar-refractivity contribution in [2.75, 3.05) is 5.73 Å². The first-order valence-corrected chi connectivity index (χ1v) is 11.1. The number of carboxylic acids is 1. The number of anilines is 1. The topological polar surface area (TPSA) is 106 Å². The second-order valence-electron chi connectivity index (χ2n) is 8.58. The molecule has 0 amide bonds. The van der Waals surface area contributed by atoms with E-state index in [0.717, 1.165) is 28.1 Å². The molecule has 3 aromatic heterocycles. The van der Waals surface area contributed by atoms with E-state index in [1.165, 1.54) is 0 Å². The number of aryl methyl sites for hydroxylation is 1. The molecule has 0 unspecified atom stereocenters. The molecule has 0 aliphatic heterocycles. The van der Waals surface area contributed by atoms with Gasteiger partial charge in [0.05, 0.1) is 28.5 Å². The molecule has 0 atom stereocenters. The number of hydrogen-bond donors (Lipinski definition) is 2. The highest BCUT2D eigenvalue weighted by Gasteiger charge is 2.23. The monoisotopic (exact) mass is 493 g/mol. The summed E-state index contributed by atoms with van der Waals surface area (Å²) in [6, 6.07) is 14.0. The number of aliphatic carboxylic acids is 1. The van der Waals surface area contributed by atoms with E-state index in [0.29, 0.717) is 28.8 Å². The Morgan fingerprint density at radius 2 is 1.88 bits per heavy atom. The van der Waals surface area contributed by atoms with Crippen molar-refractivity contribution in [2.45, 2.75) is 33.1 Å². The fourth-order valence-electron chi connectivity index (χ4n) is 3.70. The van der Waals surface area contributed by atoms with Crippen molar-refractivity contribution in [2.24, 2.45) is 5.41 Å². The average molecular weight is 494 g/mol. The molecule has 0 saturated carbocycles. The van der Waals surface area contributed by atoms with Crippen molar-refractivity contribution in [3.63, 3.8) is 0 Å². The Morgan fingerprint density at radius 3 is 2.53 bits per heavy atom. The summed E-state index contributed by atoms with van der Waals surface area (Å²) >= 11 is 3.54. The summed E-state index contributed by atoms with van der Waals surface area (Å²) in [5, 5.41) is 13.6. The number of halogens is 1. The van der Waals surface area contributed by atoms with Crippen LogP contribution in [0.1, 0.15) is 32.4 Å². The third-order valence-corrected chi connectivity index (χ3v) is 6.37.